The number of thiazole rings is 1. The minimum absolute atomic E-state index is 0.00127. The first kappa shape index (κ1) is 14.2. The van der Waals surface area contributed by atoms with Crippen LogP contribution in [0.3, 0.4) is 0 Å². The lowest BCUT2D eigenvalue weighted by atomic mass is 9.93. The molecule has 0 saturated heterocycles. The number of anilines is 1. The molecular weight excluding hydrogens is 282 g/mol. The highest BCUT2D eigenvalue weighted by molar-refractivity contribution is 7.14. The fourth-order valence-corrected chi connectivity index (χ4v) is 3.21. The number of hydrogen-bond acceptors (Lipinski definition) is 4. The van der Waals surface area contributed by atoms with Crippen LogP contribution in [-0.4, -0.2) is 10.9 Å². The van der Waals surface area contributed by atoms with Crippen LogP contribution < -0.4 is 10.6 Å². The molecule has 0 spiro atoms. The number of rotatable bonds is 2. The highest BCUT2D eigenvalue weighted by Gasteiger charge is 2.19. The van der Waals surface area contributed by atoms with E-state index in [-0.39, 0.29) is 11.3 Å². The average Bonchev–Trinajstić information content (AvgIpc) is 3.04. The predicted octanol–water partition coefficient (Wildman–Crippen LogP) is 3.30. The van der Waals surface area contributed by atoms with Crippen LogP contribution in [0.25, 0.3) is 0 Å². The van der Waals surface area contributed by atoms with Crippen molar-refractivity contribution in [3.05, 3.63) is 46.0 Å². The van der Waals surface area contributed by atoms with Gasteiger partial charge in [-0.05, 0) is 23.3 Å². The second-order valence-corrected chi connectivity index (χ2v) is 7.19. The van der Waals surface area contributed by atoms with Gasteiger partial charge in [0.15, 0.2) is 5.13 Å². The zero-order valence-corrected chi connectivity index (χ0v) is 13.3. The second kappa shape index (κ2) is 5.24. The van der Waals surface area contributed by atoms with Gasteiger partial charge in [-0.25, -0.2) is 4.98 Å². The number of amides is 1. The van der Waals surface area contributed by atoms with Crippen LogP contribution in [0, 0.1) is 0 Å². The summed E-state index contributed by atoms with van der Waals surface area (Å²) >= 11 is 1.47. The summed E-state index contributed by atoms with van der Waals surface area (Å²) in [6.07, 6.45) is 0. The molecule has 0 fully saturated rings. The van der Waals surface area contributed by atoms with E-state index in [1.165, 1.54) is 22.5 Å². The Bertz CT molecular complexity index is 685. The van der Waals surface area contributed by atoms with Gasteiger partial charge in [0.25, 0.3) is 5.91 Å². The van der Waals surface area contributed by atoms with Gasteiger partial charge < -0.3 is 5.32 Å². The van der Waals surface area contributed by atoms with Gasteiger partial charge >= 0.3 is 0 Å². The largest absolute Gasteiger partial charge is 0.309 e. The number of nitrogens with zero attached hydrogens (tertiary/aromatic N) is 1. The van der Waals surface area contributed by atoms with Crippen molar-refractivity contribution in [3.8, 4) is 0 Å². The van der Waals surface area contributed by atoms with Crippen LogP contribution in [0.4, 0.5) is 5.13 Å². The zero-order chi connectivity index (χ0) is 15.0. The molecule has 4 nitrogen and oxygen atoms in total. The molecule has 0 radical (unpaired) electrons. The van der Waals surface area contributed by atoms with Crippen LogP contribution in [-0.2, 0) is 18.5 Å². The normalized spacial score (nSPS) is 14.0. The molecule has 5 heteroatoms. The number of benzene rings is 1. The van der Waals surface area contributed by atoms with E-state index in [9.17, 15) is 4.79 Å². The predicted molar refractivity (Wildman–Crippen MR) is 85.8 cm³/mol. The molecule has 2 heterocycles. The van der Waals surface area contributed by atoms with Crippen molar-refractivity contribution >= 4 is 22.4 Å². The highest BCUT2D eigenvalue weighted by atomic mass is 32.1. The van der Waals surface area contributed by atoms with Gasteiger partial charge in [-0.3, -0.25) is 10.1 Å². The van der Waals surface area contributed by atoms with E-state index in [1.807, 2.05) is 23.6 Å². The Morgan fingerprint density at radius 3 is 2.76 bits per heavy atom. The number of hydrogen-bond donors (Lipinski definition) is 2. The molecule has 21 heavy (non-hydrogen) atoms. The van der Waals surface area contributed by atoms with Crippen molar-refractivity contribution in [1.82, 2.24) is 10.3 Å². The minimum atomic E-state index is -0.0977. The lowest BCUT2D eigenvalue weighted by Crippen LogP contribution is -2.14. The molecule has 1 aliphatic rings. The summed E-state index contributed by atoms with van der Waals surface area (Å²) in [5.74, 6) is -0.0977. The SMILES string of the molecule is CC(C)(C)c1csc(NC(=O)c2ccc3c(c2)CNC3)n1. The topological polar surface area (TPSA) is 54.0 Å². The summed E-state index contributed by atoms with van der Waals surface area (Å²) in [6, 6.07) is 5.86. The van der Waals surface area contributed by atoms with Crippen molar-refractivity contribution in [2.75, 3.05) is 5.32 Å². The molecule has 1 aromatic carbocycles. The number of carbonyl (C=O) groups is 1. The number of carbonyl (C=O) groups excluding carboxylic acids is 1. The van der Waals surface area contributed by atoms with E-state index in [0.717, 1.165) is 18.8 Å². The van der Waals surface area contributed by atoms with E-state index < -0.39 is 0 Å². The first-order valence-electron chi connectivity index (χ1n) is 7.03. The molecule has 0 aliphatic carbocycles. The van der Waals surface area contributed by atoms with E-state index in [4.69, 9.17) is 0 Å². The maximum atomic E-state index is 12.3. The Morgan fingerprint density at radius 1 is 1.29 bits per heavy atom. The molecule has 0 saturated carbocycles. The maximum absolute atomic E-state index is 12.3. The van der Waals surface area contributed by atoms with Crippen LogP contribution in [0.5, 0.6) is 0 Å². The quantitative estimate of drug-likeness (QED) is 0.895. The van der Waals surface area contributed by atoms with Gasteiger partial charge in [-0.15, -0.1) is 11.3 Å². The highest BCUT2D eigenvalue weighted by Crippen LogP contribution is 2.26. The lowest BCUT2D eigenvalue weighted by molar-refractivity contribution is 0.102. The Morgan fingerprint density at radius 2 is 2.05 bits per heavy atom. The minimum Gasteiger partial charge on any atom is -0.309 e. The lowest BCUT2D eigenvalue weighted by Gasteiger charge is -2.14. The zero-order valence-electron chi connectivity index (χ0n) is 12.5. The van der Waals surface area contributed by atoms with Gasteiger partial charge in [-0.1, -0.05) is 26.8 Å². The summed E-state index contributed by atoms with van der Waals surface area (Å²) in [5, 5.41) is 8.83. The van der Waals surface area contributed by atoms with Gasteiger partial charge in [0, 0.05) is 29.4 Å². The van der Waals surface area contributed by atoms with Gasteiger partial charge in [0.05, 0.1) is 5.69 Å². The Labute approximate surface area is 128 Å². The van der Waals surface area contributed by atoms with Crippen LogP contribution >= 0.6 is 11.3 Å². The van der Waals surface area contributed by atoms with Crippen LogP contribution in [0.15, 0.2) is 23.6 Å². The van der Waals surface area contributed by atoms with Crippen LogP contribution in [0.2, 0.25) is 0 Å². The van der Waals surface area contributed by atoms with Crippen molar-refractivity contribution in [2.45, 2.75) is 39.3 Å². The first-order valence-corrected chi connectivity index (χ1v) is 7.91. The van der Waals surface area contributed by atoms with Crippen molar-refractivity contribution < 1.29 is 4.79 Å². The molecule has 0 atom stereocenters. The summed E-state index contributed by atoms with van der Waals surface area (Å²) < 4.78 is 0. The average molecular weight is 301 g/mol. The fourth-order valence-electron chi connectivity index (χ4n) is 2.28. The monoisotopic (exact) mass is 301 g/mol. The molecular formula is C16H19N3OS. The van der Waals surface area contributed by atoms with Gasteiger partial charge in [0.2, 0.25) is 0 Å². The van der Waals surface area contributed by atoms with E-state index in [0.29, 0.717) is 10.7 Å². The Hall–Kier alpha value is -1.72. The summed E-state index contributed by atoms with van der Waals surface area (Å²) in [4.78, 5) is 16.8. The fraction of sp³-hybridized carbons (Fsp3) is 0.375. The molecule has 0 bridgehead atoms. The van der Waals surface area contributed by atoms with Crippen molar-refractivity contribution in [1.29, 1.82) is 0 Å². The molecule has 0 unspecified atom stereocenters. The third-order valence-corrected chi connectivity index (χ3v) is 4.35. The van der Waals surface area contributed by atoms with Crippen molar-refractivity contribution in [3.63, 3.8) is 0 Å². The van der Waals surface area contributed by atoms with E-state index >= 15 is 0 Å². The molecule has 1 aromatic heterocycles. The summed E-state index contributed by atoms with van der Waals surface area (Å²) in [5.41, 5.74) is 4.16. The summed E-state index contributed by atoms with van der Waals surface area (Å²) in [7, 11) is 0. The molecule has 2 N–H and O–H groups in total. The number of nitrogens with one attached hydrogen (secondary N) is 2. The maximum Gasteiger partial charge on any atom is 0.257 e. The van der Waals surface area contributed by atoms with Gasteiger partial charge in [0.1, 0.15) is 0 Å². The molecule has 3 rings (SSSR count). The standard InChI is InChI=1S/C16H19N3OS/c1-16(2,3)13-9-21-15(18-13)19-14(20)10-4-5-11-7-17-8-12(11)6-10/h4-6,9,17H,7-8H2,1-3H3,(H,18,19,20). The third kappa shape index (κ3) is 2.99. The van der Waals surface area contributed by atoms with Crippen molar-refractivity contribution in [2.24, 2.45) is 0 Å². The second-order valence-electron chi connectivity index (χ2n) is 6.33. The molecule has 1 amide bonds. The molecule has 110 valence electrons. The number of aromatic nitrogens is 1. The first-order chi connectivity index (χ1) is 9.93. The summed E-state index contributed by atoms with van der Waals surface area (Å²) in [6.45, 7) is 8.06. The molecule has 1 aliphatic heterocycles. The number of fused-ring (bicyclic) bond motifs is 1. The van der Waals surface area contributed by atoms with Crippen LogP contribution in [0.1, 0.15) is 48.0 Å². The third-order valence-electron chi connectivity index (χ3n) is 3.59. The van der Waals surface area contributed by atoms with E-state index in [2.05, 4.69) is 36.4 Å². The Balaban J connectivity index is 1.76. The van der Waals surface area contributed by atoms with Gasteiger partial charge in [-0.2, -0.15) is 0 Å². The van der Waals surface area contributed by atoms with E-state index in [1.54, 1.807) is 0 Å². The molecule has 2 aromatic rings. The smallest absolute Gasteiger partial charge is 0.257 e. The Kier molecular flexibility index (Phi) is 3.55.